The zero-order chi connectivity index (χ0) is 23.7. The molecule has 1 aliphatic carbocycles. The predicted octanol–water partition coefficient (Wildman–Crippen LogP) is 5.59. The number of benzene rings is 3. The summed E-state index contributed by atoms with van der Waals surface area (Å²) in [5.41, 5.74) is 4.71. The van der Waals surface area contributed by atoms with Crippen LogP contribution < -0.4 is 10.6 Å². The molecule has 0 spiro atoms. The van der Waals surface area contributed by atoms with E-state index in [1.807, 2.05) is 31.2 Å². The molecule has 6 nitrogen and oxygen atoms in total. The first-order valence-corrected chi connectivity index (χ1v) is 11.1. The van der Waals surface area contributed by atoms with E-state index >= 15 is 0 Å². The largest absolute Gasteiger partial charge is 0.326 e. The molecule has 0 saturated heterocycles. The minimum absolute atomic E-state index is 0.0350. The lowest BCUT2D eigenvalue weighted by Crippen LogP contribution is -2.14. The third kappa shape index (κ3) is 4.73. The standard InChI is InChI=1S/C27H23FN4O2/c1-17-3-2-4-19(15-17)25-24(16-32(31-25)23-13-7-20(28)8-14-23)27(34)30-22-11-9-21(10-12-22)29-26(33)18-5-6-18/h2-4,7-16,18H,5-6H2,1H3,(H,29,33)(H,30,34). The van der Waals surface area contributed by atoms with E-state index in [1.165, 1.54) is 12.1 Å². The van der Waals surface area contributed by atoms with Gasteiger partial charge >= 0.3 is 0 Å². The highest BCUT2D eigenvalue weighted by Crippen LogP contribution is 2.30. The van der Waals surface area contributed by atoms with Crippen LogP contribution in [-0.4, -0.2) is 21.6 Å². The summed E-state index contributed by atoms with van der Waals surface area (Å²) < 4.78 is 15.0. The average molecular weight is 455 g/mol. The van der Waals surface area contributed by atoms with E-state index in [4.69, 9.17) is 0 Å². The van der Waals surface area contributed by atoms with Crippen molar-refractivity contribution >= 4 is 23.2 Å². The first-order chi connectivity index (χ1) is 16.5. The van der Waals surface area contributed by atoms with Gasteiger partial charge in [0.05, 0.1) is 11.3 Å². The van der Waals surface area contributed by atoms with Crippen LogP contribution in [0.15, 0.2) is 79.0 Å². The highest BCUT2D eigenvalue weighted by atomic mass is 19.1. The second kappa shape index (κ2) is 8.94. The van der Waals surface area contributed by atoms with Crippen LogP contribution in [0.3, 0.4) is 0 Å². The van der Waals surface area contributed by atoms with Gasteiger partial charge in [-0.15, -0.1) is 0 Å². The Kier molecular flexibility index (Phi) is 5.67. The number of aromatic nitrogens is 2. The van der Waals surface area contributed by atoms with Crippen LogP contribution in [0.25, 0.3) is 16.9 Å². The van der Waals surface area contributed by atoms with E-state index in [-0.39, 0.29) is 23.5 Å². The molecule has 1 aliphatic rings. The highest BCUT2D eigenvalue weighted by Gasteiger charge is 2.29. The van der Waals surface area contributed by atoms with E-state index in [0.717, 1.165) is 24.0 Å². The van der Waals surface area contributed by atoms with Crippen LogP contribution in [0.2, 0.25) is 0 Å². The number of halogens is 1. The van der Waals surface area contributed by atoms with Gasteiger partial charge in [-0.1, -0.05) is 23.8 Å². The van der Waals surface area contributed by atoms with Crippen molar-refractivity contribution in [2.24, 2.45) is 5.92 Å². The molecule has 0 atom stereocenters. The Hall–Kier alpha value is -4.26. The summed E-state index contributed by atoms with van der Waals surface area (Å²) in [7, 11) is 0. The van der Waals surface area contributed by atoms with Crippen molar-refractivity contribution in [1.29, 1.82) is 0 Å². The first kappa shape index (κ1) is 21.6. The fourth-order valence-electron chi connectivity index (χ4n) is 3.70. The third-order valence-corrected chi connectivity index (χ3v) is 5.70. The number of rotatable bonds is 6. The van der Waals surface area contributed by atoms with E-state index in [1.54, 1.807) is 47.3 Å². The first-order valence-electron chi connectivity index (χ1n) is 11.1. The Labute approximate surface area is 196 Å². The number of anilines is 2. The van der Waals surface area contributed by atoms with Crippen molar-refractivity contribution in [3.05, 3.63) is 95.9 Å². The molecule has 2 N–H and O–H groups in total. The van der Waals surface area contributed by atoms with Crippen LogP contribution >= 0.6 is 0 Å². The molecular weight excluding hydrogens is 431 g/mol. The molecule has 0 bridgehead atoms. The minimum atomic E-state index is -0.343. The Bertz CT molecular complexity index is 1360. The predicted molar refractivity (Wildman–Crippen MR) is 129 cm³/mol. The minimum Gasteiger partial charge on any atom is -0.326 e. The van der Waals surface area contributed by atoms with Gasteiger partial charge < -0.3 is 10.6 Å². The van der Waals surface area contributed by atoms with E-state index < -0.39 is 0 Å². The van der Waals surface area contributed by atoms with Crippen molar-refractivity contribution in [2.75, 3.05) is 10.6 Å². The summed E-state index contributed by atoms with van der Waals surface area (Å²) in [6, 6.07) is 20.7. The normalized spacial score (nSPS) is 12.9. The van der Waals surface area contributed by atoms with Crippen molar-refractivity contribution < 1.29 is 14.0 Å². The topological polar surface area (TPSA) is 76.0 Å². The maximum Gasteiger partial charge on any atom is 0.259 e. The molecule has 4 aromatic rings. The molecule has 0 aliphatic heterocycles. The van der Waals surface area contributed by atoms with Gasteiger partial charge in [-0.25, -0.2) is 9.07 Å². The summed E-state index contributed by atoms with van der Waals surface area (Å²) in [5.74, 6) is -0.506. The van der Waals surface area contributed by atoms with Gasteiger partial charge in [-0.05, 0) is 74.4 Å². The molecule has 3 aromatic carbocycles. The lowest BCUT2D eigenvalue weighted by molar-refractivity contribution is -0.117. The quantitative estimate of drug-likeness (QED) is 0.399. The average Bonchev–Trinajstić information content (AvgIpc) is 3.59. The summed E-state index contributed by atoms with van der Waals surface area (Å²) >= 11 is 0. The fourth-order valence-corrected chi connectivity index (χ4v) is 3.70. The Morgan fingerprint density at radius 3 is 2.26 bits per heavy atom. The van der Waals surface area contributed by atoms with Crippen LogP contribution in [0, 0.1) is 18.7 Å². The van der Waals surface area contributed by atoms with Crippen LogP contribution in [-0.2, 0) is 4.79 Å². The van der Waals surface area contributed by atoms with Gasteiger partial charge in [-0.2, -0.15) is 5.10 Å². The second-order valence-electron chi connectivity index (χ2n) is 8.48. The van der Waals surface area contributed by atoms with Crippen molar-refractivity contribution in [3.63, 3.8) is 0 Å². The van der Waals surface area contributed by atoms with Crippen molar-refractivity contribution in [3.8, 4) is 16.9 Å². The molecule has 1 heterocycles. The number of aryl methyl sites for hydroxylation is 1. The van der Waals surface area contributed by atoms with E-state index in [2.05, 4.69) is 15.7 Å². The molecule has 2 amide bonds. The number of carbonyl (C=O) groups excluding carboxylic acids is 2. The summed E-state index contributed by atoms with van der Waals surface area (Å²) in [5, 5.41) is 10.4. The lowest BCUT2D eigenvalue weighted by Gasteiger charge is -2.08. The molecule has 5 rings (SSSR count). The van der Waals surface area contributed by atoms with Crippen LogP contribution in [0.5, 0.6) is 0 Å². The number of nitrogens with zero attached hydrogens (tertiary/aromatic N) is 2. The zero-order valence-corrected chi connectivity index (χ0v) is 18.6. The number of amides is 2. The van der Waals surface area contributed by atoms with Crippen LogP contribution in [0.1, 0.15) is 28.8 Å². The zero-order valence-electron chi connectivity index (χ0n) is 18.6. The summed E-state index contributed by atoms with van der Waals surface area (Å²) in [6.45, 7) is 1.98. The molecular formula is C27H23FN4O2. The monoisotopic (exact) mass is 454 g/mol. The number of carbonyl (C=O) groups is 2. The number of hydrogen-bond acceptors (Lipinski definition) is 3. The fraction of sp³-hybridized carbons (Fsp3) is 0.148. The highest BCUT2D eigenvalue weighted by molar-refractivity contribution is 6.08. The maximum absolute atomic E-state index is 13.4. The summed E-state index contributed by atoms with van der Waals surface area (Å²) in [6.07, 6.45) is 3.52. The molecule has 34 heavy (non-hydrogen) atoms. The molecule has 1 aromatic heterocycles. The van der Waals surface area contributed by atoms with Gasteiger partial charge in [0, 0.05) is 29.1 Å². The smallest absolute Gasteiger partial charge is 0.259 e. The van der Waals surface area contributed by atoms with Gasteiger partial charge in [0.2, 0.25) is 5.91 Å². The van der Waals surface area contributed by atoms with E-state index in [0.29, 0.717) is 28.3 Å². The SMILES string of the molecule is Cc1cccc(-c2nn(-c3ccc(F)cc3)cc2C(=O)Nc2ccc(NC(=O)C3CC3)cc2)c1. The molecule has 1 saturated carbocycles. The maximum atomic E-state index is 13.4. The molecule has 0 radical (unpaired) electrons. The van der Waals surface area contributed by atoms with Crippen LogP contribution in [0.4, 0.5) is 15.8 Å². The Morgan fingerprint density at radius 1 is 0.941 bits per heavy atom. The Morgan fingerprint density at radius 2 is 1.62 bits per heavy atom. The lowest BCUT2D eigenvalue weighted by atomic mass is 10.1. The number of nitrogens with one attached hydrogen (secondary N) is 2. The second-order valence-corrected chi connectivity index (χ2v) is 8.48. The molecule has 170 valence electrons. The molecule has 7 heteroatoms. The third-order valence-electron chi connectivity index (χ3n) is 5.70. The summed E-state index contributed by atoms with van der Waals surface area (Å²) in [4.78, 5) is 25.2. The van der Waals surface area contributed by atoms with Gasteiger partial charge in [0.15, 0.2) is 0 Å². The Balaban J connectivity index is 1.42. The van der Waals surface area contributed by atoms with Crippen molar-refractivity contribution in [1.82, 2.24) is 9.78 Å². The van der Waals surface area contributed by atoms with Crippen molar-refractivity contribution in [2.45, 2.75) is 19.8 Å². The van der Waals surface area contributed by atoms with Gasteiger partial charge in [0.25, 0.3) is 5.91 Å². The molecule has 0 unspecified atom stereocenters. The van der Waals surface area contributed by atoms with Gasteiger partial charge in [0.1, 0.15) is 11.5 Å². The molecule has 1 fully saturated rings. The number of hydrogen-bond donors (Lipinski definition) is 2. The van der Waals surface area contributed by atoms with E-state index in [9.17, 15) is 14.0 Å². The van der Waals surface area contributed by atoms with Gasteiger partial charge in [-0.3, -0.25) is 9.59 Å².